The first-order valence-corrected chi connectivity index (χ1v) is 8.24. The lowest BCUT2D eigenvalue weighted by atomic mass is 10.1. The van der Waals surface area contributed by atoms with Gasteiger partial charge in [0.2, 0.25) is 0 Å². The number of hydrogen-bond donors (Lipinski definition) is 1. The van der Waals surface area contributed by atoms with E-state index in [0.717, 1.165) is 6.42 Å². The van der Waals surface area contributed by atoms with Crippen molar-refractivity contribution in [2.24, 2.45) is 11.7 Å². The lowest BCUT2D eigenvalue weighted by Gasteiger charge is -2.27. The van der Waals surface area contributed by atoms with Crippen LogP contribution in [-0.2, 0) is 0 Å². The van der Waals surface area contributed by atoms with Crippen molar-refractivity contribution < 1.29 is 0 Å². The van der Waals surface area contributed by atoms with E-state index in [1.165, 1.54) is 10.4 Å². The van der Waals surface area contributed by atoms with Gasteiger partial charge in [0.05, 0.1) is 5.25 Å². The minimum atomic E-state index is 0.263. The van der Waals surface area contributed by atoms with Gasteiger partial charge in [0.15, 0.2) is 0 Å². The number of thioether (sulfide) groups is 1. The molecule has 1 heterocycles. The highest BCUT2D eigenvalue weighted by atomic mass is 32.2. The summed E-state index contributed by atoms with van der Waals surface area (Å²) in [6.45, 7) is 11.3. The average molecular weight is 271 g/mol. The van der Waals surface area contributed by atoms with Crippen LogP contribution in [0.1, 0.15) is 49.8 Å². The smallest absolute Gasteiger partial charge is 0.0547 e. The van der Waals surface area contributed by atoms with Gasteiger partial charge in [-0.3, -0.25) is 0 Å². The summed E-state index contributed by atoms with van der Waals surface area (Å²) in [7, 11) is 0. The monoisotopic (exact) mass is 271 g/mol. The highest BCUT2D eigenvalue weighted by molar-refractivity contribution is 8.00. The van der Waals surface area contributed by atoms with Crippen LogP contribution in [0.25, 0.3) is 0 Å². The molecule has 0 aliphatic carbocycles. The molecule has 0 amide bonds. The minimum Gasteiger partial charge on any atom is -0.326 e. The van der Waals surface area contributed by atoms with E-state index in [-0.39, 0.29) is 6.04 Å². The molecule has 17 heavy (non-hydrogen) atoms. The van der Waals surface area contributed by atoms with Crippen molar-refractivity contribution in [2.45, 2.75) is 57.6 Å². The fourth-order valence-corrected chi connectivity index (χ4v) is 4.43. The molecule has 3 heteroatoms. The molecule has 0 saturated carbocycles. The second-order valence-corrected chi connectivity index (χ2v) is 7.52. The molecule has 3 atom stereocenters. The largest absolute Gasteiger partial charge is 0.326 e. The standard InChI is InChI=1S/C14H25NS2/c1-6-12(15)14(17-11(5)9(2)3)13-10(4)7-8-16-13/h7-9,11-12,14H,6,15H2,1-5H3. The number of thiophene rings is 1. The van der Waals surface area contributed by atoms with Crippen molar-refractivity contribution in [3.8, 4) is 0 Å². The van der Waals surface area contributed by atoms with E-state index < -0.39 is 0 Å². The van der Waals surface area contributed by atoms with Gasteiger partial charge in [0, 0.05) is 16.2 Å². The van der Waals surface area contributed by atoms with Gasteiger partial charge in [-0.15, -0.1) is 23.1 Å². The highest BCUT2D eigenvalue weighted by Gasteiger charge is 2.25. The molecule has 1 rings (SSSR count). The quantitative estimate of drug-likeness (QED) is 0.817. The molecule has 1 aromatic rings. The third kappa shape index (κ3) is 4.01. The van der Waals surface area contributed by atoms with Crippen molar-refractivity contribution >= 4 is 23.1 Å². The van der Waals surface area contributed by atoms with Crippen molar-refractivity contribution in [3.63, 3.8) is 0 Å². The summed E-state index contributed by atoms with van der Waals surface area (Å²) >= 11 is 3.90. The Kier molecular flexibility index (Phi) is 6.04. The van der Waals surface area contributed by atoms with Crippen LogP contribution in [0.3, 0.4) is 0 Å². The molecule has 0 aliphatic rings. The van der Waals surface area contributed by atoms with Crippen LogP contribution in [0.2, 0.25) is 0 Å². The highest BCUT2D eigenvalue weighted by Crippen LogP contribution is 2.41. The van der Waals surface area contributed by atoms with E-state index in [2.05, 4.69) is 46.1 Å². The van der Waals surface area contributed by atoms with E-state index in [0.29, 0.717) is 16.4 Å². The normalized spacial score (nSPS) is 17.1. The Labute approximate surface area is 114 Å². The molecular weight excluding hydrogens is 246 g/mol. The molecule has 1 aromatic heterocycles. The fraction of sp³-hybridized carbons (Fsp3) is 0.714. The molecule has 0 fully saturated rings. The van der Waals surface area contributed by atoms with E-state index in [9.17, 15) is 0 Å². The van der Waals surface area contributed by atoms with Crippen LogP contribution in [0.4, 0.5) is 0 Å². The van der Waals surface area contributed by atoms with Crippen LogP contribution in [0, 0.1) is 12.8 Å². The van der Waals surface area contributed by atoms with E-state index in [1.807, 2.05) is 23.1 Å². The SMILES string of the molecule is CCC(N)C(SC(C)C(C)C)c1sccc1C. The molecule has 3 unspecified atom stereocenters. The summed E-state index contributed by atoms with van der Waals surface area (Å²) in [6.07, 6.45) is 1.04. The fourth-order valence-electron chi connectivity index (χ4n) is 1.64. The van der Waals surface area contributed by atoms with Crippen LogP contribution >= 0.6 is 23.1 Å². The molecule has 0 aromatic carbocycles. The van der Waals surface area contributed by atoms with Gasteiger partial charge in [-0.1, -0.05) is 27.7 Å². The van der Waals surface area contributed by atoms with Gasteiger partial charge in [-0.25, -0.2) is 0 Å². The predicted octanol–water partition coefficient (Wildman–Crippen LogP) is 4.61. The molecule has 0 radical (unpaired) electrons. The summed E-state index contributed by atoms with van der Waals surface area (Å²) in [5.41, 5.74) is 7.71. The van der Waals surface area contributed by atoms with Crippen molar-refractivity contribution in [1.29, 1.82) is 0 Å². The average Bonchev–Trinajstić information content (AvgIpc) is 2.70. The zero-order chi connectivity index (χ0) is 13.0. The molecular formula is C14H25NS2. The predicted molar refractivity (Wildman–Crippen MR) is 82.0 cm³/mol. The Hall–Kier alpha value is 0.0100. The van der Waals surface area contributed by atoms with Crippen LogP contribution in [0.15, 0.2) is 11.4 Å². The number of hydrogen-bond acceptors (Lipinski definition) is 3. The maximum Gasteiger partial charge on any atom is 0.0547 e. The lowest BCUT2D eigenvalue weighted by molar-refractivity contribution is 0.612. The second-order valence-electron chi connectivity index (χ2n) is 5.05. The third-order valence-electron chi connectivity index (χ3n) is 3.32. The van der Waals surface area contributed by atoms with Gasteiger partial charge in [-0.2, -0.15) is 0 Å². The van der Waals surface area contributed by atoms with Crippen LogP contribution < -0.4 is 5.73 Å². The molecule has 2 N–H and O–H groups in total. The molecule has 0 spiro atoms. The summed E-state index contributed by atoms with van der Waals surface area (Å²) in [5.74, 6) is 0.701. The van der Waals surface area contributed by atoms with Gasteiger partial charge >= 0.3 is 0 Å². The first-order valence-electron chi connectivity index (χ1n) is 6.42. The van der Waals surface area contributed by atoms with Crippen LogP contribution in [0.5, 0.6) is 0 Å². The molecule has 1 nitrogen and oxygen atoms in total. The van der Waals surface area contributed by atoms with Gasteiger partial charge < -0.3 is 5.73 Å². The summed E-state index contributed by atoms with van der Waals surface area (Å²) in [6, 6.07) is 2.47. The molecule has 0 saturated heterocycles. The summed E-state index contributed by atoms with van der Waals surface area (Å²) in [5, 5.41) is 3.29. The summed E-state index contributed by atoms with van der Waals surface area (Å²) < 4.78 is 0. The van der Waals surface area contributed by atoms with Crippen molar-refractivity contribution in [2.75, 3.05) is 0 Å². The molecule has 98 valence electrons. The number of aryl methyl sites for hydroxylation is 1. The Balaban J connectivity index is 2.85. The zero-order valence-electron chi connectivity index (χ0n) is 11.6. The Morgan fingerprint density at radius 2 is 2.00 bits per heavy atom. The van der Waals surface area contributed by atoms with Gasteiger partial charge in [0.25, 0.3) is 0 Å². The van der Waals surface area contributed by atoms with Crippen molar-refractivity contribution in [3.05, 3.63) is 21.9 Å². The van der Waals surface area contributed by atoms with Crippen molar-refractivity contribution in [1.82, 2.24) is 0 Å². The van der Waals surface area contributed by atoms with E-state index in [1.54, 1.807) is 0 Å². The van der Waals surface area contributed by atoms with Crippen LogP contribution in [-0.4, -0.2) is 11.3 Å². The minimum absolute atomic E-state index is 0.263. The Morgan fingerprint density at radius 1 is 1.35 bits per heavy atom. The van der Waals surface area contributed by atoms with E-state index in [4.69, 9.17) is 5.73 Å². The maximum absolute atomic E-state index is 6.31. The third-order valence-corrected chi connectivity index (χ3v) is 6.42. The first-order chi connectivity index (χ1) is 7.97. The Morgan fingerprint density at radius 3 is 2.41 bits per heavy atom. The zero-order valence-corrected chi connectivity index (χ0v) is 13.2. The van der Waals surface area contributed by atoms with Gasteiger partial charge in [-0.05, 0) is 36.3 Å². The second kappa shape index (κ2) is 6.81. The number of rotatable bonds is 6. The van der Waals surface area contributed by atoms with Gasteiger partial charge in [0.1, 0.15) is 0 Å². The molecule has 0 bridgehead atoms. The van der Waals surface area contributed by atoms with E-state index >= 15 is 0 Å². The first kappa shape index (κ1) is 15.1. The number of nitrogens with two attached hydrogens (primary N) is 1. The summed E-state index contributed by atoms with van der Waals surface area (Å²) in [4.78, 5) is 1.47. The lowest BCUT2D eigenvalue weighted by Crippen LogP contribution is -2.27. The maximum atomic E-state index is 6.31. The topological polar surface area (TPSA) is 26.0 Å². The Bertz CT molecular complexity index is 333. The molecule has 0 aliphatic heterocycles.